The molecule has 0 bridgehead atoms. The molecule has 0 aromatic carbocycles. The summed E-state index contributed by atoms with van der Waals surface area (Å²) in [7, 11) is 3.48. The summed E-state index contributed by atoms with van der Waals surface area (Å²) in [5.41, 5.74) is 0. The van der Waals surface area contributed by atoms with Crippen LogP contribution >= 0.6 is 0 Å². The summed E-state index contributed by atoms with van der Waals surface area (Å²) in [6.45, 7) is 5.29. The summed E-state index contributed by atoms with van der Waals surface area (Å²) in [5.74, 6) is 0.865. The van der Waals surface area contributed by atoms with Gasteiger partial charge in [0.05, 0.1) is 12.6 Å². The van der Waals surface area contributed by atoms with Gasteiger partial charge in [0.1, 0.15) is 6.54 Å². The number of carbonyl (C=O) groups excluding carboxylic acids is 2. The number of hydrogen-bond acceptors (Lipinski definition) is 5. The van der Waals surface area contributed by atoms with E-state index in [1.165, 1.54) is 6.42 Å². The van der Waals surface area contributed by atoms with Gasteiger partial charge in [-0.2, -0.15) is 0 Å². The average molecular weight is 409 g/mol. The number of piperazine rings is 1. The largest absolute Gasteiger partial charge is 0.376 e. The van der Waals surface area contributed by atoms with Gasteiger partial charge in [0, 0.05) is 59.5 Å². The molecule has 1 aliphatic carbocycles. The predicted molar refractivity (Wildman–Crippen MR) is 112 cm³/mol. The molecule has 1 unspecified atom stereocenters. The Kier molecular flexibility index (Phi) is 8.11. The highest BCUT2D eigenvalue weighted by Crippen LogP contribution is 2.18. The highest BCUT2D eigenvalue weighted by atomic mass is 16.5. The summed E-state index contributed by atoms with van der Waals surface area (Å²) >= 11 is 0. The van der Waals surface area contributed by atoms with Crippen LogP contribution in [0.15, 0.2) is 4.99 Å². The van der Waals surface area contributed by atoms with E-state index in [4.69, 9.17) is 4.74 Å². The molecule has 3 fully saturated rings. The van der Waals surface area contributed by atoms with Gasteiger partial charge in [0.2, 0.25) is 11.8 Å². The topological polar surface area (TPSA) is 89.5 Å². The second-order valence-electron chi connectivity index (χ2n) is 8.40. The molecule has 1 atom stereocenters. The fourth-order valence-electron chi connectivity index (χ4n) is 3.55. The highest BCUT2D eigenvalue weighted by molar-refractivity contribution is 5.85. The van der Waals surface area contributed by atoms with Crippen molar-refractivity contribution in [3.63, 3.8) is 0 Å². The third-order valence-electron chi connectivity index (χ3n) is 5.61. The first-order chi connectivity index (χ1) is 14.0. The Bertz CT molecular complexity index is 579. The maximum Gasteiger partial charge on any atom is 0.243 e. The molecule has 2 N–H and O–H groups in total. The van der Waals surface area contributed by atoms with Gasteiger partial charge < -0.3 is 25.2 Å². The molecule has 9 nitrogen and oxygen atoms in total. The van der Waals surface area contributed by atoms with Gasteiger partial charge in [0.25, 0.3) is 0 Å². The molecule has 0 radical (unpaired) electrons. The summed E-state index contributed by atoms with van der Waals surface area (Å²) in [4.78, 5) is 34.5. The molecule has 0 aromatic heterocycles. The van der Waals surface area contributed by atoms with Crippen molar-refractivity contribution >= 4 is 17.8 Å². The van der Waals surface area contributed by atoms with E-state index in [-0.39, 0.29) is 24.5 Å². The number of aliphatic imine (C=N–C) groups is 1. The molecule has 9 heteroatoms. The van der Waals surface area contributed by atoms with Crippen molar-refractivity contribution in [2.45, 2.75) is 44.2 Å². The highest BCUT2D eigenvalue weighted by Gasteiger charge is 2.26. The Labute approximate surface area is 173 Å². The van der Waals surface area contributed by atoms with Crippen LogP contribution in [0.3, 0.4) is 0 Å². The SMILES string of the molecule is CN(C)C(=O)CN=C(NCC1CCCCO1)N1CCN(CC(=O)NC2CC2)CC1. The maximum absolute atomic E-state index is 12.0. The van der Waals surface area contributed by atoms with E-state index >= 15 is 0 Å². The third-order valence-corrected chi connectivity index (χ3v) is 5.61. The Morgan fingerprint density at radius 2 is 1.86 bits per heavy atom. The first-order valence-electron chi connectivity index (χ1n) is 10.9. The predicted octanol–water partition coefficient (Wildman–Crippen LogP) is -0.514. The van der Waals surface area contributed by atoms with Crippen LogP contribution in [0, 0.1) is 0 Å². The molecule has 3 rings (SSSR count). The van der Waals surface area contributed by atoms with Gasteiger partial charge in [0.15, 0.2) is 5.96 Å². The summed E-state index contributed by atoms with van der Waals surface area (Å²) in [5, 5.41) is 6.47. The lowest BCUT2D eigenvalue weighted by atomic mass is 10.1. The molecule has 164 valence electrons. The van der Waals surface area contributed by atoms with E-state index < -0.39 is 0 Å². The molecular weight excluding hydrogens is 372 g/mol. The van der Waals surface area contributed by atoms with Crippen molar-refractivity contribution in [1.29, 1.82) is 0 Å². The molecule has 2 saturated heterocycles. The van der Waals surface area contributed by atoms with Crippen molar-refractivity contribution in [3.8, 4) is 0 Å². The second-order valence-corrected chi connectivity index (χ2v) is 8.40. The number of guanidine groups is 1. The Morgan fingerprint density at radius 1 is 1.10 bits per heavy atom. The minimum absolute atomic E-state index is 0.0198. The standard InChI is InChI=1S/C20H36N6O3/c1-24(2)19(28)14-22-20(21-13-17-5-3-4-12-29-17)26-10-8-25(9-11-26)15-18(27)23-16-6-7-16/h16-17H,3-15H2,1-2H3,(H,21,22)(H,23,27). The third kappa shape index (κ3) is 7.47. The fraction of sp³-hybridized carbons (Fsp3) is 0.850. The van der Waals surface area contributed by atoms with Crippen LogP contribution in [0.4, 0.5) is 0 Å². The lowest BCUT2D eigenvalue weighted by molar-refractivity contribution is -0.127. The van der Waals surface area contributed by atoms with Crippen LogP contribution in [0.2, 0.25) is 0 Å². The van der Waals surface area contributed by atoms with E-state index in [1.54, 1.807) is 19.0 Å². The number of ether oxygens (including phenoxy) is 1. The summed E-state index contributed by atoms with van der Waals surface area (Å²) < 4.78 is 5.81. The van der Waals surface area contributed by atoms with Crippen molar-refractivity contribution in [3.05, 3.63) is 0 Å². The maximum atomic E-state index is 12.0. The van der Waals surface area contributed by atoms with E-state index in [2.05, 4.69) is 25.4 Å². The van der Waals surface area contributed by atoms with Gasteiger partial charge in [-0.3, -0.25) is 14.5 Å². The smallest absolute Gasteiger partial charge is 0.243 e. The van der Waals surface area contributed by atoms with Crippen molar-refractivity contribution < 1.29 is 14.3 Å². The van der Waals surface area contributed by atoms with E-state index in [0.717, 1.165) is 64.4 Å². The minimum Gasteiger partial charge on any atom is -0.376 e. The zero-order valence-electron chi connectivity index (χ0n) is 17.9. The van der Waals surface area contributed by atoms with Gasteiger partial charge in [-0.1, -0.05) is 0 Å². The van der Waals surface area contributed by atoms with E-state index in [9.17, 15) is 9.59 Å². The molecule has 2 amide bonds. The quantitative estimate of drug-likeness (QED) is 0.436. The molecule has 0 spiro atoms. The Balaban J connectivity index is 1.50. The number of hydrogen-bond donors (Lipinski definition) is 2. The fourth-order valence-corrected chi connectivity index (χ4v) is 3.55. The monoisotopic (exact) mass is 408 g/mol. The van der Waals surface area contributed by atoms with Gasteiger partial charge >= 0.3 is 0 Å². The van der Waals surface area contributed by atoms with Crippen LogP contribution in [0.1, 0.15) is 32.1 Å². The molecule has 2 heterocycles. The van der Waals surface area contributed by atoms with Crippen LogP contribution in [0.25, 0.3) is 0 Å². The Morgan fingerprint density at radius 3 is 2.48 bits per heavy atom. The minimum atomic E-state index is -0.0198. The van der Waals surface area contributed by atoms with Crippen LogP contribution in [0.5, 0.6) is 0 Å². The van der Waals surface area contributed by atoms with Crippen molar-refractivity contribution in [2.75, 3.05) is 66.5 Å². The molecule has 0 aromatic rings. The average Bonchev–Trinajstić information content (AvgIpc) is 3.53. The molecular formula is C20H36N6O3. The number of rotatable bonds is 7. The number of nitrogens with one attached hydrogen (secondary N) is 2. The molecule has 3 aliphatic rings. The van der Waals surface area contributed by atoms with E-state index in [0.29, 0.717) is 19.1 Å². The first-order valence-corrected chi connectivity index (χ1v) is 10.9. The lowest BCUT2D eigenvalue weighted by Gasteiger charge is -2.36. The van der Waals surface area contributed by atoms with Gasteiger partial charge in [-0.05, 0) is 32.1 Å². The van der Waals surface area contributed by atoms with Gasteiger partial charge in [-0.15, -0.1) is 0 Å². The normalized spacial score (nSPS) is 23.6. The van der Waals surface area contributed by atoms with Crippen LogP contribution < -0.4 is 10.6 Å². The lowest BCUT2D eigenvalue weighted by Crippen LogP contribution is -2.55. The molecule has 1 saturated carbocycles. The number of carbonyl (C=O) groups is 2. The number of likely N-dealkylation sites (N-methyl/N-ethyl adjacent to an activating group) is 1. The van der Waals surface area contributed by atoms with Gasteiger partial charge in [-0.25, -0.2) is 4.99 Å². The number of nitrogens with zero attached hydrogens (tertiary/aromatic N) is 4. The Hall–Kier alpha value is -1.87. The van der Waals surface area contributed by atoms with Crippen LogP contribution in [-0.2, 0) is 14.3 Å². The summed E-state index contributed by atoms with van der Waals surface area (Å²) in [6.07, 6.45) is 5.81. The number of amides is 2. The molecule has 2 aliphatic heterocycles. The first kappa shape index (κ1) is 21.8. The van der Waals surface area contributed by atoms with Crippen molar-refractivity contribution in [1.82, 2.24) is 25.3 Å². The zero-order valence-corrected chi connectivity index (χ0v) is 17.9. The van der Waals surface area contributed by atoms with Crippen LogP contribution in [-0.4, -0.2) is 111 Å². The summed E-state index contributed by atoms with van der Waals surface area (Å²) in [6, 6.07) is 0.406. The van der Waals surface area contributed by atoms with E-state index in [1.807, 2.05) is 0 Å². The zero-order chi connectivity index (χ0) is 20.6. The van der Waals surface area contributed by atoms with Crippen molar-refractivity contribution in [2.24, 2.45) is 4.99 Å². The molecule has 29 heavy (non-hydrogen) atoms. The second kappa shape index (κ2) is 10.8.